The van der Waals surface area contributed by atoms with E-state index in [-0.39, 0.29) is 23.6 Å². The lowest BCUT2D eigenvalue weighted by Gasteiger charge is -2.53. The summed E-state index contributed by atoms with van der Waals surface area (Å²) in [5.41, 5.74) is 0.894. The van der Waals surface area contributed by atoms with Crippen molar-refractivity contribution in [2.24, 2.45) is 11.8 Å². The van der Waals surface area contributed by atoms with Crippen LogP contribution in [0.15, 0.2) is 11.3 Å². The molecule has 0 saturated carbocycles. The van der Waals surface area contributed by atoms with Crippen molar-refractivity contribution >= 4 is 5.97 Å². The van der Waals surface area contributed by atoms with Gasteiger partial charge in [-0.3, -0.25) is 0 Å². The molecule has 5 atom stereocenters. The van der Waals surface area contributed by atoms with Crippen LogP contribution < -0.4 is 0 Å². The van der Waals surface area contributed by atoms with Crippen molar-refractivity contribution in [2.75, 3.05) is 20.1 Å². The predicted molar refractivity (Wildman–Crippen MR) is 78.4 cm³/mol. The van der Waals surface area contributed by atoms with Crippen molar-refractivity contribution in [1.29, 1.82) is 5.26 Å². The number of likely N-dealkylation sites (N-methyl/N-ethyl adjacent to an activating group) is 1. The van der Waals surface area contributed by atoms with Crippen LogP contribution in [0.3, 0.4) is 0 Å². The number of carbonyl (C=O) groups is 1. The average molecular weight is 309 g/mol. The third kappa shape index (κ3) is 2.58. The minimum Gasteiger partial charge on any atom is -0.477 e. The molecular weight excluding hydrogens is 286 g/mol. The molecule has 2 rings (SSSR count). The van der Waals surface area contributed by atoms with Gasteiger partial charge in [0.1, 0.15) is 11.9 Å². The zero-order valence-electron chi connectivity index (χ0n) is 13.1. The molecule has 1 saturated heterocycles. The highest BCUT2D eigenvalue weighted by atomic mass is 16.4. The lowest BCUT2D eigenvalue weighted by atomic mass is 9.77. The van der Waals surface area contributed by atoms with Crippen molar-refractivity contribution in [2.45, 2.75) is 38.6 Å². The zero-order chi connectivity index (χ0) is 16.6. The van der Waals surface area contributed by atoms with Gasteiger partial charge < -0.3 is 25.1 Å². The fraction of sp³-hybridized carbons (Fsp3) is 0.733. The van der Waals surface area contributed by atoms with Crippen molar-refractivity contribution in [3.63, 3.8) is 0 Å². The normalized spacial score (nSPS) is 31.8. The van der Waals surface area contributed by atoms with E-state index in [0.29, 0.717) is 19.5 Å². The van der Waals surface area contributed by atoms with Crippen LogP contribution in [0.4, 0.5) is 0 Å². The molecule has 0 aromatic heterocycles. The molecule has 122 valence electrons. The summed E-state index contributed by atoms with van der Waals surface area (Å²) in [6, 6.07) is 1.89. The molecule has 0 bridgehead atoms. The molecule has 2 aliphatic rings. The van der Waals surface area contributed by atoms with Crippen LogP contribution in [-0.2, 0) is 4.79 Å². The predicted octanol–water partition coefficient (Wildman–Crippen LogP) is -0.180. The van der Waals surface area contributed by atoms with E-state index in [1.807, 2.05) is 18.9 Å². The van der Waals surface area contributed by atoms with E-state index < -0.39 is 18.3 Å². The number of nitrogens with zero attached hydrogens (tertiary/aromatic N) is 3. The van der Waals surface area contributed by atoms with Crippen molar-refractivity contribution in [3.8, 4) is 6.07 Å². The first-order chi connectivity index (χ1) is 10.3. The highest BCUT2D eigenvalue weighted by Crippen LogP contribution is 2.49. The Morgan fingerprint density at radius 1 is 1.55 bits per heavy atom. The van der Waals surface area contributed by atoms with Gasteiger partial charge in [-0.15, -0.1) is 0 Å². The Balaban J connectivity index is 2.24. The van der Waals surface area contributed by atoms with Crippen LogP contribution in [-0.4, -0.2) is 69.6 Å². The van der Waals surface area contributed by atoms with Crippen molar-refractivity contribution in [3.05, 3.63) is 11.3 Å². The van der Waals surface area contributed by atoms with Crippen LogP contribution >= 0.6 is 0 Å². The molecule has 22 heavy (non-hydrogen) atoms. The van der Waals surface area contributed by atoms with E-state index in [1.54, 1.807) is 6.92 Å². The Bertz CT molecular complexity index is 525. The van der Waals surface area contributed by atoms with Gasteiger partial charge in [-0.05, 0) is 19.5 Å². The van der Waals surface area contributed by atoms with Gasteiger partial charge in [0.05, 0.1) is 18.1 Å². The van der Waals surface area contributed by atoms with Gasteiger partial charge in [-0.1, -0.05) is 6.92 Å². The molecule has 3 N–H and O–H groups in total. The van der Waals surface area contributed by atoms with Gasteiger partial charge in [0.2, 0.25) is 0 Å². The van der Waals surface area contributed by atoms with Crippen LogP contribution in [0.2, 0.25) is 0 Å². The molecule has 0 amide bonds. The third-order valence-electron chi connectivity index (χ3n) is 4.77. The molecule has 1 fully saturated rings. The molecule has 0 aromatic rings. The molecule has 7 heteroatoms. The smallest absolute Gasteiger partial charge is 0.352 e. The van der Waals surface area contributed by atoms with Crippen molar-refractivity contribution in [1.82, 2.24) is 9.80 Å². The maximum Gasteiger partial charge on any atom is 0.352 e. The zero-order valence-corrected chi connectivity index (χ0v) is 13.1. The number of carboxylic acids is 1. The summed E-state index contributed by atoms with van der Waals surface area (Å²) in [5, 5.41) is 38.2. The molecule has 7 nitrogen and oxygen atoms in total. The SMILES string of the molecule is C[C@@H](O)[C@H]1C(O)N2C(C(=O)O)=C(CN(C)CCC#N)[C@H](C)[C@H]12. The minimum absolute atomic E-state index is 0.0568. The van der Waals surface area contributed by atoms with Gasteiger partial charge in [0.15, 0.2) is 0 Å². The van der Waals surface area contributed by atoms with Crippen LogP contribution in [0.1, 0.15) is 20.3 Å². The number of hydrogen-bond acceptors (Lipinski definition) is 6. The topological polar surface area (TPSA) is 108 Å². The van der Waals surface area contributed by atoms with Crippen molar-refractivity contribution < 1.29 is 20.1 Å². The summed E-state index contributed by atoms with van der Waals surface area (Å²) in [6.45, 7) is 4.56. The molecule has 1 unspecified atom stereocenters. The summed E-state index contributed by atoms with van der Waals surface area (Å²) in [5.74, 6) is -1.45. The number of hydrogen-bond donors (Lipinski definition) is 3. The van der Waals surface area contributed by atoms with Gasteiger partial charge in [0, 0.05) is 31.5 Å². The van der Waals surface area contributed by atoms with Crippen LogP contribution in [0.5, 0.6) is 0 Å². The maximum absolute atomic E-state index is 11.6. The number of nitriles is 1. The molecule has 0 radical (unpaired) electrons. The summed E-state index contributed by atoms with van der Waals surface area (Å²) in [6.07, 6.45) is -1.27. The van der Waals surface area contributed by atoms with E-state index in [0.717, 1.165) is 5.57 Å². The highest BCUT2D eigenvalue weighted by molar-refractivity contribution is 5.88. The number of carboxylic acid groups (broad SMARTS) is 1. The van der Waals surface area contributed by atoms with E-state index in [1.165, 1.54) is 4.90 Å². The van der Waals surface area contributed by atoms with Crippen LogP contribution in [0.25, 0.3) is 0 Å². The number of aliphatic carboxylic acids is 1. The average Bonchev–Trinajstić information content (AvgIpc) is 2.66. The third-order valence-corrected chi connectivity index (χ3v) is 4.77. The molecule has 2 heterocycles. The summed E-state index contributed by atoms with van der Waals surface area (Å²) < 4.78 is 0. The van der Waals surface area contributed by atoms with E-state index in [4.69, 9.17) is 5.26 Å². The Morgan fingerprint density at radius 2 is 2.18 bits per heavy atom. The number of aliphatic hydroxyl groups is 2. The first kappa shape index (κ1) is 16.7. The Labute approximate surface area is 130 Å². The number of aliphatic hydroxyl groups excluding tert-OH is 2. The molecule has 0 aliphatic carbocycles. The summed E-state index contributed by atoms with van der Waals surface area (Å²) in [4.78, 5) is 15.0. The molecule has 0 aromatic carbocycles. The largest absolute Gasteiger partial charge is 0.477 e. The van der Waals surface area contributed by atoms with E-state index >= 15 is 0 Å². The standard InChI is InChI=1S/C15H23N3O4/c1-8-10(7-17(3)6-4-5-16)13(15(21)22)18-12(8)11(9(2)19)14(18)20/h8-9,11-12,14,19-20H,4,6-7H2,1-3H3,(H,21,22)/t8-,9+,11+,12+,14?/m0/s1. The Morgan fingerprint density at radius 3 is 2.68 bits per heavy atom. The summed E-state index contributed by atoms with van der Waals surface area (Å²) >= 11 is 0. The lowest BCUT2D eigenvalue weighted by molar-refractivity contribution is -0.192. The Kier molecular flexibility index (Phi) is 4.75. The number of rotatable bonds is 6. The van der Waals surface area contributed by atoms with E-state index in [9.17, 15) is 20.1 Å². The minimum atomic E-state index is -1.05. The highest BCUT2D eigenvalue weighted by Gasteiger charge is 2.59. The fourth-order valence-corrected chi connectivity index (χ4v) is 3.68. The molecule has 2 aliphatic heterocycles. The van der Waals surface area contributed by atoms with Crippen LogP contribution in [0, 0.1) is 23.2 Å². The van der Waals surface area contributed by atoms with Gasteiger partial charge >= 0.3 is 5.97 Å². The Hall–Kier alpha value is -1.62. The second kappa shape index (κ2) is 6.24. The second-order valence-corrected chi connectivity index (χ2v) is 6.24. The maximum atomic E-state index is 11.6. The fourth-order valence-electron chi connectivity index (χ4n) is 3.68. The first-order valence-electron chi connectivity index (χ1n) is 7.47. The quantitative estimate of drug-likeness (QED) is 0.624. The summed E-state index contributed by atoms with van der Waals surface area (Å²) in [7, 11) is 1.84. The van der Waals surface area contributed by atoms with E-state index in [2.05, 4.69) is 6.07 Å². The second-order valence-electron chi connectivity index (χ2n) is 6.24. The first-order valence-corrected chi connectivity index (χ1v) is 7.47. The van der Waals surface area contributed by atoms with Gasteiger partial charge in [-0.25, -0.2) is 4.79 Å². The molecule has 0 spiro atoms. The lowest BCUT2D eigenvalue weighted by Crippen LogP contribution is -2.66. The van der Waals surface area contributed by atoms with Gasteiger partial charge in [0.25, 0.3) is 0 Å². The number of fused-ring (bicyclic) bond motifs is 1. The van der Waals surface area contributed by atoms with Gasteiger partial charge in [-0.2, -0.15) is 5.26 Å². The molecular formula is C15H23N3O4. The monoisotopic (exact) mass is 309 g/mol.